The summed E-state index contributed by atoms with van der Waals surface area (Å²) in [6.07, 6.45) is 1.47. The third-order valence-corrected chi connectivity index (χ3v) is 2.72. The van der Waals surface area contributed by atoms with Crippen molar-refractivity contribution in [1.82, 2.24) is 4.98 Å². The number of carbonyl (C=O) groups excluding carboxylic acids is 1. The lowest BCUT2D eigenvalue weighted by molar-refractivity contribution is 0.100. The van der Waals surface area contributed by atoms with Crippen molar-refractivity contribution in [3.8, 4) is 0 Å². The molecule has 1 atom stereocenters. The molecule has 0 aliphatic heterocycles. The van der Waals surface area contributed by atoms with Gasteiger partial charge in [0.25, 0.3) is 5.91 Å². The monoisotopic (exact) mass is 260 g/mol. The molecule has 0 spiro atoms. The Bertz CT molecular complexity index is 606. The summed E-state index contributed by atoms with van der Waals surface area (Å²) in [7, 11) is 0. The first kappa shape index (κ1) is 12.9. The molecule has 0 bridgehead atoms. The second kappa shape index (κ2) is 5.01. The second-order valence-corrected chi connectivity index (χ2v) is 4.34. The average molecular weight is 260 g/mol. The van der Waals surface area contributed by atoms with E-state index in [4.69, 9.17) is 15.9 Å². The molecule has 6 heteroatoms. The van der Waals surface area contributed by atoms with Crippen LogP contribution in [-0.4, -0.2) is 10.9 Å². The lowest BCUT2D eigenvalue weighted by Crippen LogP contribution is -2.17. The molecule has 1 unspecified atom stereocenters. The van der Waals surface area contributed by atoms with E-state index < -0.39 is 5.91 Å². The van der Waals surface area contributed by atoms with Crippen LogP contribution in [-0.2, 0) is 0 Å². The maximum Gasteiger partial charge on any atom is 0.252 e. The van der Waals surface area contributed by atoms with Crippen molar-refractivity contribution in [3.63, 3.8) is 0 Å². The lowest BCUT2D eigenvalue weighted by Gasteiger charge is -2.14. The van der Waals surface area contributed by atoms with E-state index in [1.54, 1.807) is 0 Å². The number of carbonyl (C=O) groups is 1. The fourth-order valence-electron chi connectivity index (χ4n) is 1.75. The van der Waals surface area contributed by atoms with Gasteiger partial charge in [-0.1, -0.05) is 0 Å². The first-order chi connectivity index (χ1) is 8.97. The van der Waals surface area contributed by atoms with Gasteiger partial charge in [-0.25, -0.2) is 4.98 Å². The quantitative estimate of drug-likeness (QED) is 0.777. The van der Waals surface area contributed by atoms with E-state index in [9.17, 15) is 4.79 Å². The van der Waals surface area contributed by atoms with Crippen LogP contribution >= 0.6 is 0 Å². The van der Waals surface area contributed by atoms with Crippen molar-refractivity contribution in [2.75, 3.05) is 11.1 Å². The largest absolute Gasteiger partial charge is 0.464 e. The predicted octanol–water partition coefficient (Wildman–Crippen LogP) is 1.84. The van der Waals surface area contributed by atoms with E-state index in [2.05, 4.69) is 10.3 Å². The van der Waals surface area contributed by atoms with Gasteiger partial charge in [-0.15, -0.1) is 0 Å². The highest BCUT2D eigenvalue weighted by molar-refractivity contribution is 5.98. The highest BCUT2D eigenvalue weighted by atomic mass is 16.3. The minimum Gasteiger partial charge on any atom is -0.464 e. The fourth-order valence-corrected chi connectivity index (χ4v) is 1.75. The van der Waals surface area contributed by atoms with Gasteiger partial charge >= 0.3 is 0 Å². The Morgan fingerprint density at radius 3 is 2.79 bits per heavy atom. The number of furan rings is 1. The minimum atomic E-state index is -0.579. The maximum atomic E-state index is 11.4. The molecular formula is C13H16N4O2. The molecule has 2 aromatic rings. The number of aryl methyl sites for hydroxylation is 1. The number of nitrogens with zero attached hydrogens (tertiary/aromatic N) is 1. The SMILES string of the molecule is Cc1ccc(C(C)Nc2ncc(N)cc2C(N)=O)o1. The van der Waals surface area contributed by atoms with Crippen molar-refractivity contribution < 1.29 is 9.21 Å². The molecule has 0 aromatic carbocycles. The molecular weight excluding hydrogens is 244 g/mol. The Balaban J connectivity index is 2.26. The fraction of sp³-hybridized carbons (Fsp3) is 0.231. The van der Waals surface area contributed by atoms with E-state index in [1.165, 1.54) is 12.3 Å². The van der Waals surface area contributed by atoms with Crippen LogP contribution < -0.4 is 16.8 Å². The number of amides is 1. The van der Waals surface area contributed by atoms with Crippen LogP contribution in [0.5, 0.6) is 0 Å². The van der Waals surface area contributed by atoms with Gasteiger partial charge in [-0.2, -0.15) is 0 Å². The Kier molecular flexibility index (Phi) is 3.41. The second-order valence-electron chi connectivity index (χ2n) is 4.34. The van der Waals surface area contributed by atoms with Crippen LogP contribution in [0.15, 0.2) is 28.8 Å². The normalized spacial score (nSPS) is 12.1. The van der Waals surface area contributed by atoms with Gasteiger partial charge < -0.3 is 21.2 Å². The van der Waals surface area contributed by atoms with Crippen LogP contribution in [0.3, 0.4) is 0 Å². The summed E-state index contributed by atoms with van der Waals surface area (Å²) in [5.74, 6) is 1.39. The van der Waals surface area contributed by atoms with Gasteiger partial charge in [-0.3, -0.25) is 4.79 Å². The number of nitrogens with two attached hydrogens (primary N) is 2. The summed E-state index contributed by atoms with van der Waals surface area (Å²) in [5, 5.41) is 3.09. The van der Waals surface area contributed by atoms with E-state index in [0.717, 1.165) is 11.5 Å². The summed E-state index contributed by atoms with van der Waals surface area (Å²) in [5.41, 5.74) is 11.5. The maximum absolute atomic E-state index is 11.4. The van der Waals surface area contributed by atoms with Crippen molar-refractivity contribution in [2.45, 2.75) is 19.9 Å². The molecule has 100 valence electrons. The molecule has 2 rings (SSSR count). The number of primary amides is 1. The summed E-state index contributed by atoms with van der Waals surface area (Å²) in [6, 6.07) is 5.10. The zero-order valence-electron chi connectivity index (χ0n) is 10.8. The van der Waals surface area contributed by atoms with Gasteiger partial charge in [-0.05, 0) is 32.0 Å². The Morgan fingerprint density at radius 2 is 2.21 bits per heavy atom. The topological polar surface area (TPSA) is 107 Å². The van der Waals surface area contributed by atoms with E-state index >= 15 is 0 Å². The first-order valence-corrected chi connectivity index (χ1v) is 5.85. The predicted molar refractivity (Wildman–Crippen MR) is 72.7 cm³/mol. The molecule has 0 fully saturated rings. The van der Waals surface area contributed by atoms with Crippen LogP contribution in [0.1, 0.15) is 34.8 Å². The standard InChI is InChI=1S/C13H16N4O2/c1-7-3-4-11(19-7)8(2)17-13-10(12(15)18)5-9(14)6-16-13/h3-6,8H,14H2,1-2H3,(H2,15,18)(H,16,17). The van der Waals surface area contributed by atoms with E-state index in [-0.39, 0.29) is 11.6 Å². The highest BCUT2D eigenvalue weighted by Crippen LogP contribution is 2.23. The van der Waals surface area contributed by atoms with Crippen molar-refractivity contribution >= 4 is 17.4 Å². The summed E-state index contributed by atoms with van der Waals surface area (Å²) in [6.45, 7) is 3.77. The van der Waals surface area contributed by atoms with E-state index in [1.807, 2.05) is 26.0 Å². The van der Waals surface area contributed by atoms with Gasteiger partial charge in [0.2, 0.25) is 0 Å². The minimum absolute atomic E-state index is 0.136. The number of rotatable bonds is 4. The number of anilines is 2. The van der Waals surface area contributed by atoms with Gasteiger partial charge in [0, 0.05) is 0 Å². The number of hydrogen-bond donors (Lipinski definition) is 3. The molecule has 19 heavy (non-hydrogen) atoms. The van der Waals surface area contributed by atoms with Crippen molar-refractivity contribution in [1.29, 1.82) is 0 Å². The average Bonchev–Trinajstić information content (AvgIpc) is 2.78. The van der Waals surface area contributed by atoms with Gasteiger partial charge in [0.1, 0.15) is 17.3 Å². The Morgan fingerprint density at radius 1 is 1.47 bits per heavy atom. The molecule has 0 radical (unpaired) electrons. The van der Waals surface area contributed by atoms with E-state index in [0.29, 0.717) is 11.5 Å². The van der Waals surface area contributed by atoms with Crippen LogP contribution in [0.4, 0.5) is 11.5 Å². The molecule has 1 amide bonds. The van der Waals surface area contributed by atoms with Crippen molar-refractivity contribution in [2.24, 2.45) is 5.73 Å². The van der Waals surface area contributed by atoms with Crippen molar-refractivity contribution in [3.05, 3.63) is 41.5 Å². The summed E-state index contributed by atoms with van der Waals surface area (Å²) in [4.78, 5) is 15.5. The molecule has 5 N–H and O–H groups in total. The van der Waals surface area contributed by atoms with Gasteiger partial charge in [0.05, 0.1) is 23.5 Å². The number of hydrogen-bond acceptors (Lipinski definition) is 5. The molecule has 6 nitrogen and oxygen atoms in total. The molecule has 0 saturated carbocycles. The number of nitrogen functional groups attached to an aromatic ring is 1. The summed E-state index contributed by atoms with van der Waals surface area (Å²) >= 11 is 0. The van der Waals surface area contributed by atoms with Crippen LogP contribution in [0.2, 0.25) is 0 Å². The molecule has 0 aliphatic rings. The zero-order chi connectivity index (χ0) is 14.0. The third kappa shape index (κ3) is 2.85. The van der Waals surface area contributed by atoms with Gasteiger partial charge in [0.15, 0.2) is 0 Å². The van der Waals surface area contributed by atoms with Crippen LogP contribution in [0.25, 0.3) is 0 Å². The Labute approximate surface area is 110 Å². The van der Waals surface area contributed by atoms with Crippen LogP contribution in [0, 0.1) is 6.92 Å². The molecule has 2 heterocycles. The third-order valence-electron chi connectivity index (χ3n) is 2.72. The number of aromatic nitrogens is 1. The molecule has 2 aromatic heterocycles. The smallest absolute Gasteiger partial charge is 0.252 e. The zero-order valence-corrected chi connectivity index (χ0v) is 10.8. The number of pyridine rings is 1. The molecule has 0 saturated heterocycles. The highest BCUT2D eigenvalue weighted by Gasteiger charge is 2.15. The lowest BCUT2D eigenvalue weighted by atomic mass is 10.2. The summed E-state index contributed by atoms with van der Waals surface area (Å²) < 4.78 is 5.51. The Hall–Kier alpha value is -2.50. The first-order valence-electron chi connectivity index (χ1n) is 5.85. The molecule has 0 aliphatic carbocycles. The number of nitrogens with one attached hydrogen (secondary N) is 1.